The zero-order valence-electron chi connectivity index (χ0n) is 8.66. The van der Waals surface area contributed by atoms with Gasteiger partial charge in [-0.2, -0.15) is 5.26 Å². The molecule has 2 rings (SSSR count). The lowest BCUT2D eigenvalue weighted by Crippen LogP contribution is -2.03. The van der Waals surface area contributed by atoms with E-state index in [4.69, 9.17) is 10.00 Å². The number of hydrogen-bond acceptors (Lipinski definition) is 3. The summed E-state index contributed by atoms with van der Waals surface area (Å²) < 4.78 is 5.26. The first kappa shape index (κ1) is 9.72. The number of aryl methyl sites for hydroxylation is 1. The second-order valence-corrected chi connectivity index (χ2v) is 3.58. The molecule has 0 fully saturated rings. The first-order chi connectivity index (χ1) is 7.31. The van der Waals surface area contributed by atoms with E-state index in [-0.39, 0.29) is 0 Å². The molecule has 0 bridgehead atoms. The molecule has 0 saturated heterocycles. The van der Waals surface area contributed by atoms with E-state index in [1.165, 1.54) is 0 Å². The number of nitriles is 1. The van der Waals surface area contributed by atoms with Gasteiger partial charge in [-0.05, 0) is 31.9 Å². The highest BCUT2D eigenvalue weighted by atomic mass is 16.5. The third-order valence-corrected chi connectivity index (χ3v) is 2.39. The van der Waals surface area contributed by atoms with Crippen LogP contribution in [0.5, 0.6) is 0 Å². The zero-order chi connectivity index (χ0) is 10.7. The molecule has 3 heteroatoms. The van der Waals surface area contributed by atoms with Crippen LogP contribution in [0, 0.1) is 18.3 Å². The fraction of sp³-hybridized carbons (Fsp3) is 0.333. The van der Waals surface area contributed by atoms with E-state index in [0.29, 0.717) is 5.56 Å². The molecule has 0 aliphatic carbocycles. The summed E-state index contributed by atoms with van der Waals surface area (Å²) in [6.07, 6.45) is 3.66. The van der Waals surface area contributed by atoms with Crippen molar-refractivity contribution in [2.45, 2.75) is 19.8 Å². The first-order valence-electron chi connectivity index (χ1n) is 5.00. The van der Waals surface area contributed by atoms with Gasteiger partial charge >= 0.3 is 0 Å². The Bertz CT molecular complexity index is 443. The smallest absolute Gasteiger partial charge is 0.101 e. The lowest BCUT2D eigenvalue weighted by molar-refractivity contribution is 0.235. The fourth-order valence-electron chi connectivity index (χ4n) is 1.63. The maximum absolute atomic E-state index is 8.98. The molecular formula is C12H12N2O. The van der Waals surface area contributed by atoms with Crippen LogP contribution < -0.4 is 0 Å². The summed E-state index contributed by atoms with van der Waals surface area (Å²) in [5.41, 5.74) is 3.35. The summed E-state index contributed by atoms with van der Waals surface area (Å²) in [7, 11) is 0. The molecule has 0 spiro atoms. The Hall–Kier alpha value is -1.82. The van der Waals surface area contributed by atoms with E-state index < -0.39 is 0 Å². The van der Waals surface area contributed by atoms with E-state index >= 15 is 0 Å². The highest BCUT2D eigenvalue weighted by molar-refractivity contribution is 5.67. The Balaban J connectivity index is 2.46. The third-order valence-electron chi connectivity index (χ3n) is 2.39. The minimum atomic E-state index is 0.623. The fourth-order valence-corrected chi connectivity index (χ4v) is 1.63. The van der Waals surface area contributed by atoms with Crippen LogP contribution in [0.1, 0.15) is 29.8 Å². The Kier molecular flexibility index (Phi) is 2.68. The van der Waals surface area contributed by atoms with Crippen molar-refractivity contribution < 1.29 is 4.74 Å². The summed E-state index contributed by atoms with van der Waals surface area (Å²) in [4.78, 5) is 4.40. The molecule has 76 valence electrons. The average Bonchev–Trinajstić information content (AvgIpc) is 2.30. The maximum Gasteiger partial charge on any atom is 0.101 e. The van der Waals surface area contributed by atoms with Crippen LogP contribution in [-0.4, -0.2) is 11.6 Å². The van der Waals surface area contributed by atoms with Gasteiger partial charge in [-0.25, -0.2) is 0 Å². The molecule has 0 radical (unpaired) electrons. The van der Waals surface area contributed by atoms with Crippen LogP contribution in [0.4, 0.5) is 0 Å². The second kappa shape index (κ2) is 4.14. The summed E-state index contributed by atoms with van der Waals surface area (Å²) in [5, 5.41) is 8.98. The summed E-state index contributed by atoms with van der Waals surface area (Å²) in [5.74, 6) is 0. The van der Waals surface area contributed by atoms with E-state index in [0.717, 1.165) is 36.4 Å². The van der Waals surface area contributed by atoms with E-state index in [2.05, 4.69) is 11.1 Å². The monoisotopic (exact) mass is 200 g/mol. The summed E-state index contributed by atoms with van der Waals surface area (Å²) >= 11 is 0. The molecule has 15 heavy (non-hydrogen) atoms. The normalized spacial score (nSPS) is 15.1. The van der Waals surface area contributed by atoms with Crippen molar-refractivity contribution in [3.05, 3.63) is 35.3 Å². The van der Waals surface area contributed by atoms with Crippen molar-refractivity contribution in [1.29, 1.82) is 5.26 Å². The Morgan fingerprint density at radius 1 is 1.47 bits per heavy atom. The minimum absolute atomic E-state index is 0.623. The van der Waals surface area contributed by atoms with E-state index in [9.17, 15) is 0 Å². The lowest BCUT2D eigenvalue weighted by Gasteiger charge is -2.14. The standard InChI is InChI=1S/C12H12N2O/c1-9-4-5-10(7-13)12(14-9)11-3-2-6-15-8-11/h4-5,8H,2-3,6H2,1H3. The Morgan fingerprint density at radius 2 is 2.33 bits per heavy atom. The Labute approximate surface area is 89.0 Å². The van der Waals surface area contributed by atoms with Gasteiger partial charge in [0.2, 0.25) is 0 Å². The van der Waals surface area contributed by atoms with Gasteiger partial charge in [-0.1, -0.05) is 0 Å². The van der Waals surface area contributed by atoms with Crippen molar-refractivity contribution in [2.75, 3.05) is 6.61 Å². The number of nitrogens with zero attached hydrogens (tertiary/aromatic N) is 2. The molecule has 1 aliphatic heterocycles. The second-order valence-electron chi connectivity index (χ2n) is 3.58. The van der Waals surface area contributed by atoms with Crippen molar-refractivity contribution in [2.24, 2.45) is 0 Å². The Morgan fingerprint density at radius 3 is 3.00 bits per heavy atom. The SMILES string of the molecule is Cc1ccc(C#N)c(C2=COCCC2)n1. The maximum atomic E-state index is 8.98. The number of hydrogen-bond donors (Lipinski definition) is 0. The number of allylic oxidation sites excluding steroid dienone is 1. The molecule has 0 aromatic carbocycles. The molecule has 3 nitrogen and oxygen atoms in total. The van der Waals surface area contributed by atoms with Crippen molar-refractivity contribution >= 4 is 5.57 Å². The van der Waals surface area contributed by atoms with Crippen LogP contribution in [-0.2, 0) is 4.74 Å². The molecule has 0 amide bonds. The number of pyridine rings is 1. The zero-order valence-corrected chi connectivity index (χ0v) is 8.66. The molecule has 0 saturated carbocycles. The quantitative estimate of drug-likeness (QED) is 0.699. The van der Waals surface area contributed by atoms with Crippen LogP contribution >= 0.6 is 0 Å². The van der Waals surface area contributed by atoms with Gasteiger partial charge < -0.3 is 4.74 Å². The van der Waals surface area contributed by atoms with E-state index in [1.54, 1.807) is 6.26 Å². The summed E-state index contributed by atoms with van der Waals surface area (Å²) in [6, 6.07) is 5.83. The third kappa shape index (κ3) is 1.99. The largest absolute Gasteiger partial charge is 0.501 e. The van der Waals surface area contributed by atoms with Crippen LogP contribution in [0.15, 0.2) is 18.4 Å². The van der Waals surface area contributed by atoms with Crippen LogP contribution in [0.25, 0.3) is 5.57 Å². The molecule has 0 N–H and O–H groups in total. The molecule has 0 unspecified atom stereocenters. The molecule has 2 heterocycles. The first-order valence-corrected chi connectivity index (χ1v) is 5.00. The summed E-state index contributed by atoms with van der Waals surface area (Å²) in [6.45, 7) is 2.69. The number of ether oxygens (including phenoxy) is 1. The molecule has 1 aromatic rings. The van der Waals surface area contributed by atoms with Gasteiger partial charge in [0.25, 0.3) is 0 Å². The molecule has 0 atom stereocenters. The van der Waals surface area contributed by atoms with Gasteiger partial charge in [-0.15, -0.1) is 0 Å². The highest BCUT2D eigenvalue weighted by Crippen LogP contribution is 2.24. The van der Waals surface area contributed by atoms with Crippen molar-refractivity contribution in [1.82, 2.24) is 4.98 Å². The number of rotatable bonds is 1. The molecular weight excluding hydrogens is 188 g/mol. The average molecular weight is 200 g/mol. The topological polar surface area (TPSA) is 45.9 Å². The number of aromatic nitrogens is 1. The van der Waals surface area contributed by atoms with Crippen LogP contribution in [0.3, 0.4) is 0 Å². The predicted octanol–water partition coefficient (Wildman–Crippen LogP) is 2.41. The van der Waals surface area contributed by atoms with Gasteiger partial charge in [0.05, 0.1) is 24.1 Å². The predicted molar refractivity (Wildman–Crippen MR) is 56.9 cm³/mol. The van der Waals surface area contributed by atoms with Crippen LogP contribution in [0.2, 0.25) is 0 Å². The molecule has 1 aromatic heterocycles. The molecule has 1 aliphatic rings. The minimum Gasteiger partial charge on any atom is -0.501 e. The van der Waals surface area contributed by atoms with Gasteiger partial charge in [-0.3, -0.25) is 4.98 Å². The van der Waals surface area contributed by atoms with E-state index in [1.807, 2.05) is 19.1 Å². The highest BCUT2D eigenvalue weighted by Gasteiger charge is 2.12. The van der Waals surface area contributed by atoms with Crippen molar-refractivity contribution in [3.63, 3.8) is 0 Å². The lowest BCUT2D eigenvalue weighted by atomic mass is 10.0. The van der Waals surface area contributed by atoms with Gasteiger partial charge in [0.1, 0.15) is 6.07 Å². The van der Waals surface area contributed by atoms with Crippen molar-refractivity contribution in [3.8, 4) is 6.07 Å². The van der Waals surface area contributed by atoms with Gasteiger partial charge in [0, 0.05) is 11.3 Å². The van der Waals surface area contributed by atoms with Gasteiger partial charge in [0.15, 0.2) is 0 Å².